The minimum absolute atomic E-state index is 0.190. The van der Waals surface area contributed by atoms with Crippen molar-refractivity contribution in [2.24, 2.45) is 0 Å². The quantitative estimate of drug-likeness (QED) is 0.389. The van der Waals surface area contributed by atoms with Crippen molar-refractivity contribution in [3.63, 3.8) is 0 Å². The van der Waals surface area contributed by atoms with E-state index in [0.29, 0.717) is 6.20 Å². The number of H-pyrrole nitrogens is 1. The highest BCUT2D eigenvalue weighted by molar-refractivity contribution is 7.46. The van der Waals surface area contributed by atoms with E-state index in [2.05, 4.69) is 11.1 Å². The normalized spacial score (nSPS) is 26.2. The molecular weight excluding hydrogens is 338 g/mol. The predicted molar refractivity (Wildman–Crippen MR) is 72.9 cm³/mol. The summed E-state index contributed by atoms with van der Waals surface area (Å²) in [5, 5.41) is 9.95. The first kappa shape index (κ1) is 17.7. The molecule has 2 rings (SSSR count). The van der Waals surface area contributed by atoms with E-state index < -0.39 is 49.4 Å². The lowest BCUT2D eigenvalue weighted by molar-refractivity contribution is -0.0667. The monoisotopic (exact) mass is 352 g/mol. The maximum absolute atomic E-state index is 13.3. The number of halogens is 1. The Labute approximate surface area is 128 Å². The smallest absolute Gasteiger partial charge is 0.390 e. The van der Waals surface area contributed by atoms with E-state index in [1.165, 1.54) is 0 Å². The molecule has 1 aromatic heterocycles. The Balaban J connectivity index is 2.26. The van der Waals surface area contributed by atoms with Crippen LogP contribution in [0, 0.1) is 5.82 Å². The van der Waals surface area contributed by atoms with Crippen molar-refractivity contribution in [3.8, 4) is 0 Å². The van der Waals surface area contributed by atoms with Crippen molar-refractivity contribution in [1.29, 1.82) is 0 Å². The summed E-state index contributed by atoms with van der Waals surface area (Å²) in [5.74, 6) is -1.22. The number of aromatic nitrogens is 2. The van der Waals surface area contributed by atoms with E-state index in [0.717, 1.165) is 10.6 Å². The molecule has 0 spiro atoms. The number of hydrogen-bond acceptors (Lipinski definition) is 6. The summed E-state index contributed by atoms with van der Waals surface area (Å²) in [4.78, 5) is 42.0. The number of ether oxygens (including phenoxy) is 1. The van der Waals surface area contributed by atoms with Crippen LogP contribution in [0.1, 0.15) is 12.6 Å². The van der Waals surface area contributed by atoms with Crippen molar-refractivity contribution in [3.05, 3.63) is 45.5 Å². The van der Waals surface area contributed by atoms with E-state index >= 15 is 0 Å². The summed E-state index contributed by atoms with van der Waals surface area (Å²) < 4.78 is 34.7. The lowest BCUT2D eigenvalue weighted by atomic mass is 10.1. The first-order chi connectivity index (χ1) is 10.6. The van der Waals surface area contributed by atoms with Crippen LogP contribution in [0.5, 0.6) is 0 Å². The number of nitrogens with zero attached hydrogens (tertiary/aromatic N) is 1. The van der Waals surface area contributed by atoms with E-state index in [9.17, 15) is 23.7 Å². The van der Waals surface area contributed by atoms with Gasteiger partial charge in [-0.1, -0.05) is 6.08 Å². The molecule has 10 nitrogen and oxygen atoms in total. The number of phosphoric ester groups is 1. The minimum Gasteiger partial charge on any atom is -0.390 e. The summed E-state index contributed by atoms with van der Waals surface area (Å²) in [5.41, 5.74) is -2.16. The summed E-state index contributed by atoms with van der Waals surface area (Å²) in [6.07, 6.45) is -3.58. The van der Waals surface area contributed by atoms with E-state index in [4.69, 9.17) is 14.5 Å². The van der Waals surface area contributed by atoms with Crippen molar-refractivity contribution < 1.29 is 33.1 Å². The van der Waals surface area contributed by atoms with Gasteiger partial charge in [0.2, 0.25) is 5.82 Å². The molecule has 128 valence electrons. The van der Waals surface area contributed by atoms with Crippen LogP contribution in [0.4, 0.5) is 4.39 Å². The number of nitrogens with one attached hydrogen (secondary N) is 1. The number of aliphatic hydroxyl groups is 1. The molecule has 4 atom stereocenters. The molecule has 0 aliphatic carbocycles. The average Bonchev–Trinajstić information content (AvgIpc) is 2.81. The van der Waals surface area contributed by atoms with Crippen LogP contribution in [-0.4, -0.2) is 42.8 Å². The van der Waals surface area contributed by atoms with Gasteiger partial charge >= 0.3 is 13.5 Å². The number of aliphatic hydroxyl groups excluding tert-OH is 1. The van der Waals surface area contributed by atoms with Crippen LogP contribution < -0.4 is 11.2 Å². The molecule has 1 fully saturated rings. The third kappa shape index (κ3) is 4.02. The van der Waals surface area contributed by atoms with Crippen LogP contribution in [0.25, 0.3) is 0 Å². The van der Waals surface area contributed by atoms with Gasteiger partial charge in [-0.25, -0.2) is 9.36 Å². The van der Waals surface area contributed by atoms with Gasteiger partial charge in [-0.05, 0) is 0 Å². The van der Waals surface area contributed by atoms with Gasteiger partial charge in [0.15, 0.2) is 0 Å². The molecule has 12 heteroatoms. The first-order valence-electron chi connectivity index (χ1n) is 6.33. The van der Waals surface area contributed by atoms with Crippen LogP contribution >= 0.6 is 7.82 Å². The Morgan fingerprint density at radius 3 is 2.78 bits per heavy atom. The largest absolute Gasteiger partial charge is 0.470 e. The van der Waals surface area contributed by atoms with E-state index in [1.807, 2.05) is 0 Å². The molecule has 4 N–H and O–H groups in total. The van der Waals surface area contributed by atoms with Gasteiger partial charge in [0.1, 0.15) is 18.4 Å². The lowest BCUT2D eigenvalue weighted by Crippen LogP contribution is -2.36. The predicted octanol–water partition coefficient (Wildman–Crippen LogP) is -1.01. The Morgan fingerprint density at radius 1 is 1.57 bits per heavy atom. The molecule has 0 saturated carbocycles. The van der Waals surface area contributed by atoms with Gasteiger partial charge in [0, 0.05) is 6.42 Å². The zero-order chi connectivity index (χ0) is 17.4. The third-order valence-electron chi connectivity index (χ3n) is 3.19. The molecule has 0 aromatic carbocycles. The summed E-state index contributed by atoms with van der Waals surface area (Å²) in [7, 11) is -4.87. The highest BCUT2D eigenvalue weighted by Crippen LogP contribution is 2.41. The molecule has 1 aliphatic heterocycles. The van der Waals surface area contributed by atoms with Crippen LogP contribution in [0.2, 0.25) is 0 Å². The fourth-order valence-corrected chi connectivity index (χ4v) is 2.74. The summed E-state index contributed by atoms with van der Waals surface area (Å²) >= 11 is 0. The van der Waals surface area contributed by atoms with Crippen LogP contribution in [0.15, 0.2) is 28.4 Å². The average molecular weight is 352 g/mol. The fraction of sp³-hybridized carbons (Fsp3) is 0.455. The molecule has 23 heavy (non-hydrogen) atoms. The molecular formula is C11H14FN2O8P. The highest BCUT2D eigenvalue weighted by Gasteiger charge is 2.42. The molecule has 0 radical (unpaired) electrons. The van der Waals surface area contributed by atoms with Gasteiger partial charge in [0.05, 0.1) is 12.3 Å². The van der Waals surface area contributed by atoms with E-state index in [1.54, 1.807) is 4.98 Å². The maximum Gasteiger partial charge on any atom is 0.470 e. The highest BCUT2D eigenvalue weighted by atomic mass is 31.2. The zero-order valence-electron chi connectivity index (χ0n) is 11.5. The molecule has 0 amide bonds. The van der Waals surface area contributed by atoms with Gasteiger partial charge in [0.25, 0.3) is 5.56 Å². The Morgan fingerprint density at radius 2 is 2.22 bits per heavy atom. The molecule has 1 aromatic rings. The second kappa shape index (κ2) is 6.48. The number of hydrogen-bond donors (Lipinski definition) is 4. The van der Waals surface area contributed by atoms with E-state index in [-0.39, 0.29) is 6.42 Å². The number of phosphoric acid groups is 1. The second-order valence-electron chi connectivity index (χ2n) is 4.80. The number of aromatic amines is 1. The molecule has 2 heterocycles. The maximum atomic E-state index is 13.3. The standard InChI is InChI=1S/C11H14FN2O8P/c1-2-7(22-23(18,19)20)9-6(15)3-8(21-9)14-4-5(12)10(16)13-11(14)17/h2,4,6-9,15H,1,3H2,(H,13,16,17)(H2,18,19,20)/t6-,7?,8+,9-/m0/s1. The Bertz CT molecular complexity index is 755. The molecule has 0 bridgehead atoms. The third-order valence-corrected chi connectivity index (χ3v) is 3.70. The van der Waals surface area contributed by atoms with Crippen LogP contribution in [-0.2, 0) is 13.8 Å². The molecule has 1 aliphatic rings. The van der Waals surface area contributed by atoms with Crippen LogP contribution in [0.3, 0.4) is 0 Å². The van der Waals surface area contributed by atoms with Crippen molar-refractivity contribution in [1.82, 2.24) is 9.55 Å². The summed E-state index contributed by atoms with van der Waals surface area (Å²) in [6, 6.07) is 0. The second-order valence-corrected chi connectivity index (χ2v) is 5.99. The SMILES string of the molecule is C=CC(OP(=O)(O)O)[C@H]1O[C@@H](n2cc(F)c(=O)[nH]c2=O)C[C@@H]1O. The topological polar surface area (TPSA) is 151 Å². The Hall–Kier alpha value is -1.62. The number of rotatable bonds is 5. The van der Waals surface area contributed by atoms with Gasteiger partial charge in [-0.3, -0.25) is 18.9 Å². The fourth-order valence-electron chi connectivity index (χ4n) is 2.21. The van der Waals surface area contributed by atoms with Crippen molar-refractivity contribution >= 4 is 7.82 Å². The lowest BCUT2D eigenvalue weighted by Gasteiger charge is -2.23. The molecule has 1 unspecified atom stereocenters. The van der Waals surface area contributed by atoms with Gasteiger partial charge in [-0.2, -0.15) is 4.39 Å². The van der Waals surface area contributed by atoms with Gasteiger partial charge in [-0.15, -0.1) is 6.58 Å². The Kier molecular flexibility index (Phi) is 4.99. The van der Waals surface area contributed by atoms with Gasteiger partial charge < -0.3 is 19.6 Å². The zero-order valence-corrected chi connectivity index (χ0v) is 12.4. The summed E-state index contributed by atoms with van der Waals surface area (Å²) in [6.45, 7) is 3.33. The first-order valence-corrected chi connectivity index (χ1v) is 7.86. The van der Waals surface area contributed by atoms with Crippen molar-refractivity contribution in [2.75, 3.05) is 0 Å². The van der Waals surface area contributed by atoms with Crippen molar-refractivity contribution in [2.45, 2.75) is 31.0 Å². The minimum atomic E-state index is -4.87. The molecule has 1 saturated heterocycles.